The van der Waals surface area contributed by atoms with Gasteiger partial charge in [0, 0.05) is 12.4 Å². The van der Waals surface area contributed by atoms with Crippen LogP contribution >= 0.6 is 0 Å². The van der Waals surface area contributed by atoms with Gasteiger partial charge in [0.05, 0.1) is 0 Å². The largest absolute Gasteiger partial charge is 0.264 e. The first-order valence-electron chi connectivity index (χ1n) is 4.47. The van der Waals surface area contributed by atoms with Crippen molar-refractivity contribution < 1.29 is 0 Å². The van der Waals surface area contributed by atoms with Crippen LogP contribution in [0.5, 0.6) is 0 Å². The van der Waals surface area contributed by atoms with Crippen molar-refractivity contribution in [2.24, 2.45) is 5.41 Å². The van der Waals surface area contributed by atoms with Gasteiger partial charge >= 0.3 is 0 Å². The van der Waals surface area contributed by atoms with Crippen LogP contribution in [0.15, 0.2) is 24.5 Å². The van der Waals surface area contributed by atoms with Crippen molar-refractivity contribution in [2.75, 3.05) is 0 Å². The van der Waals surface area contributed by atoms with Crippen molar-refractivity contribution in [3.63, 3.8) is 0 Å². The molecule has 0 unspecified atom stereocenters. The first-order chi connectivity index (χ1) is 5.58. The third-order valence-corrected chi connectivity index (χ3v) is 1.89. The van der Waals surface area contributed by atoms with Crippen molar-refractivity contribution in [1.29, 1.82) is 0 Å². The minimum Gasteiger partial charge on any atom is -0.264 e. The van der Waals surface area contributed by atoms with E-state index in [9.17, 15) is 0 Å². The molecule has 1 rings (SSSR count). The summed E-state index contributed by atoms with van der Waals surface area (Å²) in [6.07, 6.45) is 6.13. The van der Waals surface area contributed by atoms with Crippen molar-refractivity contribution in [3.8, 4) is 0 Å². The summed E-state index contributed by atoms with van der Waals surface area (Å²) >= 11 is 0. The van der Waals surface area contributed by atoms with Gasteiger partial charge in [-0.2, -0.15) is 0 Å². The first kappa shape index (κ1) is 9.24. The summed E-state index contributed by atoms with van der Waals surface area (Å²) in [6.45, 7) is 6.80. The fraction of sp³-hybridized carbons (Fsp3) is 0.545. The Labute approximate surface area is 74.8 Å². The van der Waals surface area contributed by atoms with Crippen LogP contribution in [0.1, 0.15) is 32.8 Å². The van der Waals surface area contributed by atoms with Crippen LogP contribution in [-0.2, 0) is 6.42 Å². The van der Waals surface area contributed by atoms with Gasteiger partial charge in [-0.1, -0.05) is 26.8 Å². The molecule has 0 aliphatic carbocycles. The molecule has 1 aromatic heterocycles. The van der Waals surface area contributed by atoms with Crippen LogP contribution in [0, 0.1) is 5.41 Å². The van der Waals surface area contributed by atoms with Gasteiger partial charge < -0.3 is 0 Å². The summed E-state index contributed by atoms with van der Waals surface area (Å²) in [7, 11) is 0. The zero-order valence-corrected chi connectivity index (χ0v) is 8.17. The Hall–Kier alpha value is -0.850. The van der Waals surface area contributed by atoms with E-state index in [1.54, 1.807) is 0 Å². The molecule has 12 heavy (non-hydrogen) atoms. The van der Waals surface area contributed by atoms with E-state index < -0.39 is 0 Å². The standard InChI is InChI=1S/C11H17N/c1-11(2,3)7-6-10-5-4-8-12-9-10/h4-5,8-9H,6-7H2,1-3H3. The number of rotatable bonds is 2. The third kappa shape index (κ3) is 3.51. The zero-order valence-electron chi connectivity index (χ0n) is 8.17. The van der Waals surface area contributed by atoms with Crippen molar-refractivity contribution in [1.82, 2.24) is 4.98 Å². The van der Waals surface area contributed by atoms with Crippen molar-refractivity contribution in [2.45, 2.75) is 33.6 Å². The molecule has 1 aromatic rings. The number of nitrogens with zero attached hydrogens (tertiary/aromatic N) is 1. The fourth-order valence-electron chi connectivity index (χ4n) is 1.07. The van der Waals surface area contributed by atoms with Crippen LogP contribution in [0.4, 0.5) is 0 Å². The lowest BCUT2D eigenvalue weighted by Gasteiger charge is -2.17. The maximum atomic E-state index is 4.09. The number of aryl methyl sites for hydroxylation is 1. The molecule has 1 nitrogen and oxygen atoms in total. The summed E-state index contributed by atoms with van der Waals surface area (Å²) in [5.41, 5.74) is 1.77. The maximum absolute atomic E-state index is 4.09. The van der Waals surface area contributed by atoms with Crippen molar-refractivity contribution >= 4 is 0 Å². The highest BCUT2D eigenvalue weighted by atomic mass is 14.6. The zero-order chi connectivity index (χ0) is 9.03. The Morgan fingerprint density at radius 1 is 1.33 bits per heavy atom. The Balaban J connectivity index is 2.44. The van der Waals surface area contributed by atoms with Crippen LogP contribution in [-0.4, -0.2) is 4.98 Å². The van der Waals surface area contributed by atoms with E-state index in [0.717, 1.165) is 6.42 Å². The molecule has 0 saturated heterocycles. The minimum atomic E-state index is 0.426. The molecule has 0 aliphatic rings. The van der Waals surface area contributed by atoms with Crippen LogP contribution in [0.25, 0.3) is 0 Å². The lowest BCUT2D eigenvalue weighted by atomic mass is 9.89. The van der Waals surface area contributed by atoms with E-state index in [2.05, 4.69) is 31.8 Å². The highest BCUT2D eigenvalue weighted by Gasteiger charge is 2.09. The van der Waals surface area contributed by atoms with E-state index in [1.807, 2.05) is 18.5 Å². The van der Waals surface area contributed by atoms with Crippen LogP contribution < -0.4 is 0 Å². The van der Waals surface area contributed by atoms with Crippen LogP contribution in [0.2, 0.25) is 0 Å². The summed E-state index contributed by atoms with van der Waals surface area (Å²) in [5, 5.41) is 0. The highest BCUT2D eigenvalue weighted by Crippen LogP contribution is 2.20. The van der Waals surface area contributed by atoms with Crippen LogP contribution in [0.3, 0.4) is 0 Å². The predicted octanol–water partition coefficient (Wildman–Crippen LogP) is 3.06. The molecule has 0 N–H and O–H groups in total. The molecule has 0 aromatic carbocycles. The third-order valence-electron chi connectivity index (χ3n) is 1.89. The molecule has 0 saturated carbocycles. The smallest absolute Gasteiger partial charge is 0.0299 e. The molecule has 0 aliphatic heterocycles. The normalized spacial score (nSPS) is 11.6. The second kappa shape index (κ2) is 3.70. The molecule has 0 radical (unpaired) electrons. The summed E-state index contributed by atoms with van der Waals surface area (Å²) in [4.78, 5) is 4.09. The molecule has 1 heteroatoms. The van der Waals surface area contributed by atoms with Gasteiger partial charge in [-0.05, 0) is 29.9 Å². The minimum absolute atomic E-state index is 0.426. The Kier molecular flexibility index (Phi) is 2.85. The average molecular weight is 163 g/mol. The van der Waals surface area contributed by atoms with E-state index in [-0.39, 0.29) is 0 Å². The molecule has 0 spiro atoms. The monoisotopic (exact) mass is 163 g/mol. The highest BCUT2D eigenvalue weighted by molar-refractivity contribution is 5.08. The molecular weight excluding hydrogens is 146 g/mol. The Bertz CT molecular complexity index is 221. The molecule has 0 fully saturated rings. The maximum Gasteiger partial charge on any atom is 0.0299 e. The molecule has 0 amide bonds. The van der Waals surface area contributed by atoms with E-state index in [0.29, 0.717) is 5.41 Å². The molecule has 0 atom stereocenters. The first-order valence-corrected chi connectivity index (χ1v) is 4.47. The second-order valence-corrected chi connectivity index (χ2v) is 4.42. The second-order valence-electron chi connectivity index (χ2n) is 4.42. The Morgan fingerprint density at radius 3 is 2.58 bits per heavy atom. The number of hydrogen-bond donors (Lipinski definition) is 0. The SMILES string of the molecule is CC(C)(C)CCc1cccnc1. The van der Waals surface area contributed by atoms with Gasteiger partial charge in [-0.25, -0.2) is 0 Å². The Morgan fingerprint density at radius 2 is 2.08 bits per heavy atom. The lowest BCUT2D eigenvalue weighted by molar-refractivity contribution is 0.378. The van der Waals surface area contributed by atoms with Gasteiger partial charge in [0.15, 0.2) is 0 Å². The van der Waals surface area contributed by atoms with E-state index in [1.165, 1.54) is 12.0 Å². The fourth-order valence-corrected chi connectivity index (χ4v) is 1.07. The van der Waals surface area contributed by atoms with Gasteiger partial charge in [-0.15, -0.1) is 0 Å². The lowest BCUT2D eigenvalue weighted by Crippen LogP contribution is -2.06. The quantitative estimate of drug-likeness (QED) is 0.653. The van der Waals surface area contributed by atoms with Gasteiger partial charge in [-0.3, -0.25) is 4.98 Å². The summed E-state index contributed by atoms with van der Waals surface area (Å²) in [5.74, 6) is 0. The molecule has 1 heterocycles. The van der Waals surface area contributed by atoms with E-state index in [4.69, 9.17) is 0 Å². The van der Waals surface area contributed by atoms with Gasteiger partial charge in [0.2, 0.25) is 0 Å². The molecule has 66 valence electrons. The van der Waals surface area contributed by atoms with E-state index >= 15 is 0 Å². The molecule has 0 bridgehead atoms. The summed E-state index contributed by atoms with van der Waals surface area (Å²) in [6, 6.07) is 4.14. The predicted molar refractivity (Wildman–Crippen MR) is 52.0 cm³/mol. The molecular formula is C11H17N. The number of hydrogen-bond acceptors (Lipinski definition) is 1. The number of pyridine rings is 1. The van der Waals surface area contributed by atoms with Gasteiger partial charge in [0.1, 0.15) is 0 Å². The van der Waals surface area contributed by atoms with Gasteiger partial charge in [0.25, 0.3) is 0 Å². The number of aromatic nitrogens is 1. The summed E-state index contributed by atoms with van der Waals surface area (Å²) < 4.78 is 0. The average Bonchev–Trinajstić information content (AvgIpc) is 2.02. The van der Waals surface area contributed by atoms with Crippen molar-refractivity contribution in [3.05, 3.63) is 30.1 Å². The topological polar surface area (TPSA) is 12.9 Å².